The molecule has 0 spiro atoms. The number of aryl methyl sites for hydroxylation is 1. The second-order valence-corrected chi connectivity index (χ2v) is 6.43. The molecule has 3 heterocycles. The second kappa shape index (κ2) is 6.11. The Morgan fingerprint density at radius 1 is 1.31 bits per heavy atom. The topological polar surface area (TPSA) is 139 Å². The third-order valence-corrected chi connectivity index (χ3v) is 4.62. The van der Waals surface area contributed by atoms with Gasteiger partial charge in [0.25, 0.3) is 5.69 Å². The third-order valence-electron chi connectivity index (χ3n) is 3.66. The molecule has 3 aromatic heterocycles. The van der Waals surface area contributed by atoms with Gasteiger partial charge in [0.2, 0.25) is 5.95 Å². The van der Waals surface area contributed by atoms with Crippen molar-refractivity contribution in [1.29, 1.82) is 0 Å². The minimum atomic E-state index is -0.438. The van der Waals surface area contributed by atoms with Gasteiger partial charge in [0.05, 0.1) is 11.5 Å². The summed E-state index contributed by atoms with van der Waals surface area (Å²) < 4.78 is 1.54. The van der Waals surface area contributed by atoms with Crippen molar-refractivity contribution in [2.24, 2.45) is 0 Å². The van der Waals surface area contributed by atoms with E-state index in [0.29, 0.717) is 27.4 Å². The number of fused-ring (bicyclic) bond motifs is 1. The molecule has 0 fully saturated rings. The molecule has 0 aliphatic carbocycles. The lowest BCUT2D eigenvalue weighted by atomic mass is 10.2. The van der Waals surface area contributed by atoms with Crippen LogP contribution in [0.4, 0.5) is 11.6 Å². The van der Waals surface area contributed by atoms with Gasteiger partial charge in [-0.25, -0.2) is 14.6 Å². The van der Waals surface area contributed by atoms with Crippen molar-refractivity contribution in [1.82, 2.24) is 29.9 Å². The summed E-state index contributed by atoms with van der Waals surface area (Å²) in [5, 5.41) is 21.8. The first kappa shape index (κ1) is 16.0. The summed E-state index contributed by atoms with van der Waals surface area (Å²) in [6.07, 6.45) is 0. The van der Waals surface area contributed by atoms with E-state index in [2.05, 4.69) is 25.3 Å². The van der Waals surface area contributed by atoms with E-state index in [9.17, 15) is 10.1 Å². The minimum Gasteiger partial charge on any atom is -0.368 e. The van der Waals surface area contributed by atoms with Gasteiger partial charge in [-0.1, -0.05) is 17.3 Å². The number of nitrogens with zero attached hydrogens (tertiary/aromatic N) is 7. The highest BCUT2D eigenvalue weighted by molar-refractivity contribution is 7.13. The molecule has 0 amide bonds. The van der Waals surface area contributed by atoms with Crippen LogP contribution in [0.15, 0.2) is 29.6 Å². The number of hydrogen-bond donors (Lipinski definition) is 1. The first-order chi connectivity index (χ1) is 12.5. The molecule has 4 rings (SSSR count). The van der Waals surface area contributed by atoms with Crippen molar-refractivity contribution in [3.8, 4) is 10.7 Å². The number of non-ortho nitro benzene ring substituents is 1. The van der Waals surface area contributed by atoms with Crippen LogP contribution in [-0.2, 0) is 6.54 Å². The lowest BCUT2D eigenvalue weighted by molar-refractivity contribution is -0.384. The van der Waals surface area contributed by atoms with Crippen LogP contribution in [0.2, 0.25) is 0 Å². The Morgan fingerprint density at radius 3 is 2.88 bits per heavy atom. The quantitative estimate of drug-likeness (QED) is 0.427. The van der Waals surface area contributed by atoms with Crippen LogP contribution in [0.5, 0.6) is 0 Å². The monoisotopic (exact) mass is 368 g/mol. The number of nitro benzene ring substituents is 1. The number of nitrogen functional groups attached to an aromatic ring is 1. The van der Waals surface area contributed by atoms with Crippen LogP contribution in [0, 0.1) is 17.0 Å². The van der Waals surface area contributed by atoms with E-state index in [4.69, 9.17) is 5.73 Å². The standard InChI is InChI=1S/C15H12N8O2S/c1-8-7-26-14(17-8)12-11-13(19-15(16)18-12)22(21-20-11)6-9-3-2-4-10(5-9)23(24)25/h2-5,7H,6H2,1H3,(H2,16,18,19). The summed E-state index contributed by atoms with van der Waals surface area (Å²) in [6.45, 7) is 2.16. The number of nitrogens with two attached hydrogens (primary N) is 1. The number of benzene rings is 1. The third kappa shape index (κ3) is 2.84. The van der Waals surface area contributed by atoms with E-state index in [1.165, 1.54) is 28.2 Å². The molecule has 130 valence electrons. The van der Waals surface area contributed by atoms with E-state index in [1.807, 2.05) is 12.3 Å². The largest absolute Gasteiger partial charge is 0.368 e. The van der Waals surface area contributed by atoms with Crippen LogP contribution >= 0.6 is 11.3 Å². The van der Waals surface area contributed by atoms with Crippen LogP contribution in [0.3, 0.4) is 0 Å². The van der Waals surface area contributed by atoms with Gasteiger partial charge in [0.1, 0.15) is 10.7 Å². The fourth-order valence-electron chi connectivity index (χ4n) is 2.53. The average Bonchev–Trinajstić information content (AvgIpc) is 3.21. The number of anilines is 1. The van der Waals surface area contributed by atoms with Crippen LogP contribution in [0.25, 0.3) is 21.9 Å². The second-order valence-electron chi connectivity index (χ2n) is 5.57. The van der Waals surface area contributed by atoms with Gasteiger partial charge in [-0.05, 0) is 12.5 Å². The molecule has 4 aromatic rings. The van der Waals surface area contributed by atoms with Crippen LogP contribution in [0.1, 0.15) is 11.3 Å². The Bertz CT molecular complexity index is 1140. The number of aromatic nitrogens is 6. The van der Waals surface area contributed by atoms with Crippen molar-refractivity contribution in [3.63, 3.8) is 0 Å². The molecule has 10 nitrogen and oxygen atoms in total. The number of rotatable bonds is 4. The Kier molecular flexibility index (Phi) is 3.77. The van der Waals surface area contributed by atoms with Gasteiger partial charge in [0, 0.05) is 23.2 Å². The summed E-state index contributed by atoms with van der Waals surface area (Å²) >= 11 is 1.44. The molecule has 2 N–H and O–H groups in total. The zero-order chi connectivity index (χ0) is 18.3. The maximum atomic E-state index is 10.9. The summed E-state index contributed by atoms with van der Waals surface area (Å²) in [5.41, 5.74) is 8.90. The summed E-state index contributed by atoms with van der Waals surface area (Å²) in [6, 6.07) is 6.32. The van der Waals surface area contributed by atoms with Crippen molar-refractivity contribution in [2.45, 2.75) is 13.5 Å². The van der Waals surface area contributed by atoms with E-state index in [0.717, 1.165) is 5.69 Å². The van der Waals surface area contributed by atoms with Crippen molar-refractivity contribution in [2.75, 3.05) is 5.73 Å². The minimum absolute atomic E-state index is 0.0139. The fraction of sp³-hybridized carbons (Fsp3) is 0.133. The van der Waals surface area contributed by atoms with E-state index < -0.39 is 4.92 Å². The maximum Gasteiger partial charge on any atom is 0.269 e. The average molecular weight is 368 g/mol. The zero-order valence-electron chi connectivity index (χ0n) is 13.5. The van der Waals surface area contributed by atoms with E-state index in [-0.39, 0.29) is 18.2 Å². The summed E-state index contributed by atoms with van der Waals surface area (Å²) in [5.74, 6) is 0.0861. The highest BCUT2D eigenvalue weighted by atomic mass is 32.1. The van der Waals surface area contributed by atoms with E-state index in [1.54, 1.807) is 12.1 Å². The smallest absolute Gasteiger partial charge is 0.269 e. The molecule has 0 atom stereocenters. The number of nitro groups is 1. The van der Waals surface area contributed by atoms with Gasteiger partial charge >= 0.3 is 0 Å². The number of thiazole rings is 1. The molecule has 0 bridgehead atoms. The molecule has 0 saturated carbocycles. The molecule has 0 unspecified atom stereocenters. The van der Waals surface area contributed by atoms with Crippen molar-refractivity contribution >= 4 is 34.1 Å². The van der Waals surface area contributed by atoms with Crippen molar-refractivity contribution in [3.05, 3.63) is 51.0 Å². The molecule has 0 saturated heterocycles. The van der Waals surface area contributed by atoms with Gasteiger partial charge < -0.3 is 5.73 Å². The molecule has 26 heavy (non-hydrogen) atoms. The first-order valence-electron chi connectivity index (χ1n) is 7.54. The molecule has 0 aliphatic rings. The first-order valence-corrected chi connectivity index (χ1v) is 8.42. The zero-order valence-corrected chi connectivity index (χ0v) is 14.3. The maximum absolute atomic E-state index is 10.9. The molecule has 1 aromatic carbocycles. The Morgan fingerprint density at radius 2 is 2.15 bits per heavy atom. The Hall–Kier alpha value is -3.47. The molecule has 0 aliphatic heterocycles. The van der Waals surface area contributed by atoms with Gasteiger partial charge in [-0.2, -0.15) is 4.98 Å². The van der Waals surface area contributed by atoms with Gasteiger partial charge in [0.15, 0.2) is 11.2 Å². The lowest BCUT2D eigenvalue weighted by Crippen LogP contribution is -2.05. The van der Waals surface area contributed by atoms with Gasteiger partial charge in [-0.15, -0.1) is 16.4 Å². The van der Waals surface area contributed by atoms with Crippen molar-refractivity contribution < 1.29 is 4.92 Å². The normalized spacial score (nSPS) is 11.1. The number of hydrogen-bond acceptors (Lipinski definition) is 9. The summed E-state index contributed by atoms with van der Waals surface area (Å²) in [4.78, 5) is 23.4. The highest BCUT2D eigenvalue weighted by Gasteiger charge is 2.18. The Labute approximate surface area is 150 Å². The predicted octanol–water partition coefficient (Wildman–Crippen LogP) is 2.19. The van der Waals surface area contributed by atoms with Gasteiger partial charge in [-0.3, -0.25) is 10.1 Å². The van der Waals surface area contributed by atoms with E-state index >= 15 is 0 Å². The fourth-order valence-corrected chi connectivity index (χ4v) is 3.32. The lowest BCUT2D eigenvalue weighted by Gasteiger charge is -2.03. The SMILES string of the molecule is Cc1csc(-c2nc(N)nc3c2nnn3Cc2cccc([N+](=O)[O-])c2)n1. The highest BCUT2D eigenvalue weighted by Crippen LogP contribution is 2.28. The predicted molar refractivity (Wildman–Crippen MR) is 95.6 cm³/mol. The molecular formula is C15H12N8O2S. The molecular weight excluding hydrogens is 356 g/mol. The Balaban J connectivity index is 1.79. The molecule has 0 radical (unpaired) electrons. The van der Waals surface area contributed by atoms with Crippen LogP contribution < -0.4 is 5.73 Å². The molecule has 11 heteroatoms. The summed E-state index contributed by atoms with van der Waals surface area (Å²) in [7, 11) is 0. The van der Waals surface area contributed by atoms with Crippen LogP contribution in [-0.4, -0.2) is 34.9 Å².